The van der Waals surface area contributed by atoms with Crippen molar-refractivity contribution in [2.75, 3.05) is 0 Å². The van der Waals surface area contributed by atoms with Crippen LogP contribution in [0.3, 0.4) is 0 Å². The van der Waals surface area contributed by atoms with E-state index in [1.807, 2.05) is 30.3 Å². The largest absolute Gasteiger partial charge is 0.489 e. The lowest BCUT2D eigenvalue weighted by Gasteiger charge is -2.09. The Balaban J connectivity index is 1.85. The van der Waals surface area contributed by atoms with Crippen LogP contribution < -0.4 is 4.74 Å². The average molecular weight is 267 g/mol. The van der Waals surface area contributed by atoms with Crippen LogP contribution in [-0.2, 0) is 6.61 Å². The molecule has 3 rings (SSSR count). The summed E-state index contributed by atoms with van der Waals surface area (Å²) in [6.07, 6.45) is 1.77. The fourth-order valence-corrected chi connectivity index (χ4v) is 2.15. The smallest absolute Gasteiger partial charge is 0.126 e. The van der Waals surface area contributed by atoms with Crippen molar-refractivity contribution in [3.8, 4) is 5.75 Å². The number of nitrogens with zero attached hydrogens (tertiary/aromatic N) is 1. The van der Waals surface area contributed by atoms with Gasteiger partial charge in [-0.2, -0.15) is 0 Å². The number of fused-ring (bicyclic) bond motifs is 1. The van der Waals surface area contributed by atoms with Crippen molar-refractivity contribution in [2.45, 2.75) is 13.5 Å². The zero-order chi connectivity index (χ0) is 13.9. The summed E-state index contributed by atoms with van der Waals surface area (Å²) in [4.78, 5) is 4.39. The number of hydrogen-bond donors (Lipinski definition) is 0. The molecule has 100 valence electrons. The lowest BCUT2D eigenvalue weighted by molar-refractivity contribution is 0.306. The van der Waals surface area contributed by atoms with Gasteiger partial charge in [-0.3, -0.25) is 4.98 Å². The van der Waals surface area contributed by atoms with Gasteiger partial charge in [0, 0.05) is 17.1 Å². The molecule has 3 aromatic rings. The van der Waals surface area contributed by atoms with Crippen molar-refractivity contribution < 1.29 is 9.13 Å². The maximum atomic E-state index is 13.2. The Kier molecular flexibility index (Phi) is 3.33. The van der Waals surface area contributed by atoms with Gasteiger partial charge in [0.2, 0.25) is 0 Å². The van der Waals surface area contributed by atoms with Crippen molar-refractivity contribution in [2.24, 2.45) is 0 Å². The van der Waals surface area contributed by atoms with E-state index in [1.54, 1.807) is 25.3 Å². The summed E-state index contributed by atoms with van der Waals surface area (Å²) in [6.45, 7) is 2.14. The summed E-state index contributed by atoms with van der Waals surface area (Å²) >= 11 is 0. The second-order valence-corrected chi connectivity index (χ2v) is 4.69. The minimum atomic E-state index is -0.218. The van der Waals surface area contributed by atoms with Gasteiger partial charge in [-0.25, -0.2) is 4.39 Å². The number of pyridine rings is 1. The van der Waals surface area contributed by atoms with Gasteiger partial charge in [0.15, 0.2) is 0 Å². The van der Waals surface area contributed by atoms with Crippen molar-refractivity contribution >= 4 is 10.9 Å². The van der Waals surface area contributed by atoms with Crippen LogP contribution in [0, 0.1) is 12.7 Å². The summed E-state index contributed by atoms with van der Waals surface area (Å²) in [5, 5.41) is 1.09. The zero-order valence-electron chi connectivity index (χ0n) is 11.1. The molecule has 1 heterocycles. The van der Waals surface area contributed by atoms with Crippen LogP contribution in [-0.4, -0.2) is 4.98 Å². The Morgan fingerprint density at radius 2 is 1.95 bits per heavy atom. The minimum Gasteiger partial charge on any atom is -0.489 e. The second kappa shape index (κ2) is 5.29. The van der Waals surface area contributed by atoms with E-state index in [1.165, 1.54) is 6.07 Å². The monoisotopic (exact) mass is 267 g/mol. The van der Waals surface area contributed by atoms with E-state index in [0.717, 1.165) is 16.5 Å². The topological polar surface area (TPSA) is 22.1 Å². The predicted octanol–water partition coefficient (Wildman–Crippen LogP) is 4.26. The molecule has 0 spiro atoms. The molecular formula is C17H14FNO. The molecule has 0 aliphatic rings. The van der Waals surface area contributed by atoms with Crippen molar-refractivity contribution in [3.63, 3.8) is 0 Å². The lowest BCUT2D eigenvalue weighted by atomic mass is 10.1. The van der Waals surface area contributed by atoms with E-state index in [-0.39, 0.29) is 5.82 Å². The predicted molar refractivity (Wildman–Crippen MR) is 77.2 cm³/mol. The molecule has 0 saturated heterocycles. The number of para-hydroxylation sites is 1. The quantitative estimate of drug-likeness (QED) is 0.707. The first-order valence-corrected chi connectivity index (χ1v) is 6.45. The molecular weight excluding hydrogens is 253 g/mol. The molecule has 0 fully saturated rings. The molecule has 0 N–H and O–H groups in total. The molecule has 0 aliphatic heterocycles. The van der Waals surface area contributed by atoms with E-state index < -0.39 is 0 Å². The van der Waals surface area contributed by atoms with Crippen molar-refractivity contribution in [3.05, 3.63) is 71.7 Å². The van der Waals surface area contributed by atoms with Gasteiger partial charge in [-0.1, -0.05) is 24.3 Å². The third-order valence-electron chi connectivity index (χ3n) is 3.24. The van der Waals surface area contributed by atoms with Crippen LogP contribution >= 0.6 is 0 Å². The number of ether oxygens (including phenoxy) is 1. The molecule has 2 nitrogen and oxygen atoms in total. The number of benzene rings is 2. The van der Waals surface area contributed by atoms with Crippen LogP contribution in [0.5, 0.6) is 5.75 Å². The van der Waals surface area contributed by atoms with Gasteiger partial charge in [0.1, 0.15) is 18.2 Å². The van der Waals surface area contributed by atoms with Crippen molar-refractivity contribution in [1.29, 1.82) is 0 Å². The Hall–Kier alpha value is -2.42. The van der Waals surface area contributed by atoms with Gasteiger partial charge >= 0.3 is 0 Å². The first-order valence-electron chi connectivity index (χ1n) is 6.45. The maximum Gasteiger partial charge on any atom is 0.126 e. The van der Waals surface area contributed by atoms with Crippen LogP contribution in [0.2, 0.25) is 0 Å². The molecule has 0 atom stereocenters. The first kappa shape index (κ1) is 12.6. The second-order valence-electron chi connectivity index (χ2n) is 4.69. The van der Waals surface area contributed by atoms with Gasteiger partial charge in [-0.05, 0) is 36.8 Å². The number of aromatic nitrogens is 1. The van der Waals surface area contributed by atoms with E-state index in [9.17, 15) is 4.39 Å². The lowest BCUT2D eigenvalue weighted by Crippen LogP contribution is -1.98. The summed E-state index contributed by atoms with van der Waals surface area (Å²) in [6, 6.07) is 14.7. The number of halogens is 1. The van der Waals surface area contributed by atoms with E-state index in [2.05, 4.69) is 4.98 Å². The molecule has 2 aromatic carbocycles. The third-order valence-corrected chi connectivity index (χ3v) is 3.24. The Bertz CT molecular complexity index is 750. The molecule has 0 radical (unpaired) electrons. The van der Waals surface area contributed by atoms with Crippen molar-refractivity contribution in [1.82, 2.24) is 4.98 Å². The molecule has 0 saturated carbocycles. The molecule has 0 unspecified atom stereocenters. The molecule has 3 heteroatoms. The highest BCUT2D eigenvalue weighted by molar-refractivity contribution is 5.81. The standard InChI is InChI=1S/C17H14FNO/c1-12-10-15(7-8-16(12)18)20-11-14-5-2-4-13-6-3-9-19-17(13)14/h2-10H,11H2,1H3. The molecule has 0 amide bonds. The van der Waals surface area contributed by atoms with E-state index in [4.69, 9.17) is 4.74 Å². The summed E-state index contributed by atoms with van der Waals surface area (Å²) in [5.74, 6) is 0.445. The van der Waals surface area contributed by atoms with Gasteiger partial charge in [0.05, 0.1) is 5.52 Å². The van der Waals surface area contributed by atoms with Gasteiger partial charge in [0.25, 0.3) is 0 Å². The fraction of sp³-hybridized carbons (Fsp3) is 0.118. The highest BCUT2D eigenvalue weighted by Gasteiger charge is 2.04. The minimum absolute atomic E-state index is 0.218. The Labute approximate surface area is 116 Å². The number of rotatable bonds is 3. The molecule has 20 heavy (non-hydrogen) atoms. The first-order chi connectivity index (χ1) is 9.74. The molecule has 1 aromatic heterocycles. The highest BCUT2D eigenvalue weighted by Crippen LogP contribution is 2.20. The number of hydrogen-bond acceptors (Lipinski definition) is 2. The third kappa shape index (κ3) is 2.48. The van der Waals surface area contributed by atoms with E-state index >= 15 is 0 Å². The average Bonchev–Trinajstić information content (AvgIpc) is 2.48. The molecule has 0 aliphatic carbocycles. The van der Waals surface area contributed by atoms with Crippen LogP contribution in [0.15, 0.2) is 54.7 Å². The van der Waals surface area contributed by atoms with Gasteiger partial charge < -0.3 is 4.74 Å². The SMILES string of the molecule is Cc1cc(OCc2cccc3cccnc23)ccc1F. The summed E-state index contributed by atoms with van der Waals surface area (Å²) < 4.78 is 18.9. The molecule has 0 bridgehead atoms. The van der Waals surface area contributed by atoms with E-state index in [0.29, 0.717) is 17.9 Å². The summed E-state index contributed by atoms with van der Waals surface area (Å²) in [5.41, 5.74) is 2.54. The number of aryl methyl sites for hydroxylation is 1. The normalized spacial score (nSPS) is 10.7. The fourth-order valence-electron chi connectivity index (χ4n) is 2.15. The highest BCUT2D eigenvalue weighted by atomic mass is 19.1. The van der Waals surface area contributed by atoms with Gasteiger partial charge in [-0.15, -0.1) is 0 Å². The summed E-state index contributed by atoms with van der Waals surface area (Å²) in [7, 11) is 0. The Morgan fingerprint density at radius 1 is 1.10 bits per heavy atom. The Morgan fingerprint density at radius 3 is 2.80 bits per heavy atom. The zero-order valence-corrected chi connectivity index (χ0v) is 11.1. The van der Waals surface area contributed by atoms with Crippen LogP contribution in [0.1, 0.15) is 11.1 Å². The van der Waals surface area contributed by atoms with Crippen LogP contribution in [0.4, 0.5) is 4.39 Å². The maximum absolute atomic E-state index is 13.2. The van der Waals surface area contributed by atoms with Crippen LogP contribution in [0.25, 0.3) is 10.9 Å².